The lowest BCUT2D eigenvalue weighted by Crippen LogP contribution is -2.30. The molecule has 0 amide bonds. The Morgan fingerprint density at radius 1 is 1.15 bits per heavy atom. The smallest absolute Gasteiger partial charge is 0.0512 e. The van der Waals surface area contributed by atoms with E-state index < -0.39 is 0 Å². The van der Waals surface area contributed by atoms with Crippen LogP contribution in [-0.2, 0) is 6.42 Å². The lowest BCUT2D eigenvalue weighted by Gasteiger charge is -2.19. The van der Waals surface area contributed by atoms with Gasteiger partial charge in [0.1, 0.15) is 0 Å². The zero-order valence-electron chi connectivity index (χ0n) is 11.6. The predicted octanol–water partition coefficient (Wildman–Crippen LogP) is 4.47. The lowest BCUT2D eigenvalue weighted by molar-refractivity contribution is 0.549. The number of halogens is 2. The van der Waals surface area contributed by atoms with Crippen LogP contribution in [0.2, 0.25) is 5.02 Å². The van der Waals surface area contributed by atoms with Crippen molar-refractivity contribution in [1.29, 1.82) is 0 Å². The quantitative estimate of drug-likeness (QED) is 0.629. The van der Waals surface area contributed by atoms with Crippen LogP contribution < -0.4 is 11.3 Å². The van der Waals surface area contributed by atoms with Gasteiger partial charge in [-0.1, -0.05) is 57.4 Å². The molecule has 1 atom stereocenters. The summed E-state index contributed by atoms with van der Waals surface area (Å²) in [4.78, 5) is 0. The third kappa shape index (κ3) is 3.61. The zero-order valence-corrected chi connectivity index (χ0v) is 13.9. The van der Waals surface area contributed by atoms with Crippen molar-refractivity contribution in [2.45, 2.75) is 26.3 Å². The maximum Gasteiger partial charge on any atom is 0.0512 e. The highest BCUT2D eigenvalue weighted by Crippen LogP contribution is 2.29. The van der Waals surface area contributed by atoms with Crippen LogP contribution in [0.1, 0.15) is 28.3 Å². The average Bonchev–Trinajstić information content (AvgIpc) is 2.41. The zero-order chi connectivity index (χ0) is 14.7. The molecule has 0 aromatic heterocycles. The van der Waals surface area contributed by atoms with Crippen molar-refractivity contribution in [3.8, 4) is 0 Å². The molecule has 0 aliphatic carbocycles. The number of aryl methyl sites for hydroxylation is 2. The lowest BCUT2D eigenvalue weighted by atomic mass is 9.97. The Hall–Kier alpha value is -0.870. The van der Waals surface area contributed by atoms with Crippen LogP contribution in [0.15, 0.2) is 40.9 Å². The Kier molecular flexibility index (Phi) is 5.22. The molecule has 0 radical (unpaired) electrons. The van der Waals surface area contributed by atoms with Gasteiger partial charge < -0.3 is 0 Å². The van der Waals surface area contributed by atoms with E-state index in [0.29, 0.717) is 0 Å². The van der Waals surface area contributed by atoms with E-state index in [9.17, 15) is 0 Å². The number of nitrogens with one attached hydrogen (secondary N) is 1. The fraction of sp³-hybridized carbons (Fsp3) is 0.250. The van der Waals surface area contributed by atoms with E-state index in [-0.39, 0.29) is 6.04 Å². The number of hydrogen-bond acceptors (Lipinski definition) is 2. The van der Waals surface area contributed by atoms with Gasteiger partial charge in [0.2, 0.25) is 0 Å². The molecule has 3 N–H and O–H groups in total. The molecule has 0 bridgehead atoms. The number of hydrogen-bond donors (Lipinski definition) is 2. The molecule has 0 spiro atoms. The monoisotopic (exact) mass is 352 g/mol. The van der Waals surface area contributed by atoms with E-state index in [1.807, 2.05) is 19.1 Å². The van der Waals surface area contributed by atoms with Crippen molar-refractivity contribution in [3.63, 3.8) is 0 Å². The molecule has 0 aliphatic rings. The molecule has 1 unspecified atom stereocenters. The molecular formula is C16H18BrClN2. The van der Waals surface area contributed by atoms with E-state index in [0.717, 1.165) is 32.6 Å². The Labute approximate surface area is 133 Å². The summed E-state index contributed by atoms with van der Waals surface area (Å²) >= 11 is 9.90. The molecule has 0 fully saturated rings. The fourth-order valence-electron chi connectivity index (χ4n) is 2.23. The third-order valence-electron chi connectivity index (χ3n) is 3.36. The van der Waals surface area contributed by atoms with Gasteiger partial charge in [-0.25, -0.2) is 0 Å². The molecule has 2 aromatic rings. The molecule has 4 heteroatoms. The van der Waals surface area contributed by atoms with Gasteiger partial charge in [0.05, 0.1) is 6.04 Å². The maximum absolute atomic E-state index is 6.31. The molecule has 20 heavy (non-hydrogen) atoms. The van der Waals surface area contributed by atoms with Gasteiger partial charge in [-0.05, 0) is 49.1 Å². The van der Waals surface area contributed by atoms with E-state index in [1.165, 1.54) is 5.56 Å². The molecule has 2 rings (SSSR count). The number of nitrogens with two attached hydrogens (primary N) is 1. The van der Waals surface area contributed by atoms with Gasteiger partial charge in [-0.3, -0.25) is 11.3 Å². The summed E-state index contributed by atoms with van der Waals surface area (Å²) in [6.07, 6.45) is 0.748. The maximum atomic E-state index is 6.31. The van der Waals surface area contributed by atoms with Crippen molar-refractivity contribution in [2.75, 3.05) is 0 Å². The van der Waals surface area contributed by atoms with Gasteiger partial charge in [0.15, 0.2) is 0 Å². The van der Waals surface area contributed by atoms with E-state index >= 15 is 0 Å². The first-order chi connectivity index (χ1) is 9.51. The normalized spacial score (nSPS) is 12.4. The van der Waals surface area contributed by atoms with Crippen molar-refractivity contribution in [3.05, 3.63) is 68.1 Å². The largest absolute Gasteiger partial charge is 0.271 e. The van der Waals surface area contributed by atoms with Crippen molar-refractivity contribution >= 4 is 27.5 Å². The van der Waals surface area contributed by atoms with Crippen molar-refractivity contribution in [1.82, 2.24) is 5.43 Å². The number of benzene rings is 2. The van der Waals surface area contributed by atoms with E-state index in [4.69, 9.17) is 17.4 Å². The van der Waals surface area contributed by atoms with Crippen molar-refractivity contribution < 1.29 is 0 Å². The summed E-state index contributed by atoms with van der Waals surface area (Å²) in [6.45, 7) is 4.11. The highest BCUT2D eigenvalue weighted by Gasteiger charge is 2.15. The first-order valence-corrected chi connectivity index (χ1v) is 7.65. The second kappa shape index (κ2) is 6.72. The van der Waals surface area contributed by atoms with Gasteiger partial charge in [0.25, 0.3) is 0 Å². The molecule has 106 valence electrons. The summed E-state index contributed by atoms with van der Waals surface area (Å²) in [7, 11) is 0. The number of rotatable bonds is 4. The van der Waals surface area contributed by atoms with Crippen LogP contribution >= 0.6 is 27.5 Å². The minimum atomic E-state index is 0.0180. The van der Waals surface area contributed by atoms with Crippen LogP contribution in [0, 0.1) is 13.8 Å². The molecule has 0 aliphatic heterocycles. The van der Waals surface area contributed by atoms with Crippen LogP contribution in [0.5, 0.6) is 0 Å². The summed E-state index contributed by atoms with van der Waals surface area (Å²) in [5.74, 6) is 5.74. The molecule has 2 aromatic carbocycles. The summed E-state index contributed by atoms with van der Waals surface area (Å²) < 4.78 is 1.05. The van der Waals surface area contributed by atoms with Crippen molar-refractivity contribution in [2.24, 2.45) is 5.84 Å². The standard InChI is InChI=1S/C16H18BrClN2/c1-10-4-6-14(17)13(7-10)16(20-19)9-12-5-3-11(2)8-15(12)18/h3-8,16,20H,9,19H2,1-2H3. The molecule has 2 nitrogen and oxygen atoms in total. The fourth-order valence-corrected chi connectivity index (χ4v) is 3.06. The SMILES string of the molecule is Cc1ccc(CC(NN)c2cc(C)ccc2Br)c(Cl)c1. The molecular weight excluding hydrogens is 336 g/mol. The summed E-state index contributed by atoms with van der Waals surface area (Å²) in [5, 5.41) is 0.786. The number of hydrazine groups is 1. The minimum Gasteiger partial charge on any atom is -0.271 e. The Balaban J connectivity index is 2.31. The molecule has 0 saturated carbocycles. The predicted molar refractivity (Wildman–Crippen MR) is 88.8 cm³/mol. The molecule has 0 heterocycles. The van der Waals surface area contributed by atoms with Gasteiger partial charge in [-0.2, -0.15) is 0 Å². The Bertz CT molecular complexity index is 613. The second-order valence-electron chi connectivity index (χ2n) is 5.04. The topological polar surface area (TPSA) is 38.0 Å². The summed E-state index contributed by atoms with van der Waals surface area (Å²) in [5.41, 5.74) is 7.49. The van der Waals surface area contributed by atoms with Crippen LogP contribution in [0.3, 0.4) is 0 Å². The summed E-state index contributed by atoms with van der Waals surface area (Å²) in [6, 6.07) is 12.4. The second-order valence-corrected chi connectivity index (χ2v) is 6.30. The van der Waals surface area contributed by atoms with Gasteiger partial charge in [-0.15, -0.1) is 0 Å². The van der Waals surface area contributed by atoms with Gasteiger partial charge >= 0.3 is 0 Å². The van der Waals surface area contributed by atoms with E-state index in [1.54, 1.807) is 0 Å². The minimum absolute atomic E-state index is 0.0180. The highest BCUT2D eigenvalue weighted by molar-refractivity contribution is 9.10. The first kappa shape index (κ1) is 15.5. The van der Waals surface area contributed by atoms with Gasteiger partial charge in [0, 0.05) is 9.50 Å². The van der Waals surface area contributed by atoms with E-state index in [2.05, 4.69) is 52.5 Å². The third-order valence-corrected chi connectivity index (χ3v) is 4.43. The van der Waals surface area contributed by atoms with Crippen LogP contribution in [0.25, 0.3) is 0 Å². The average molecular weight is 354 g/mol. The Morgan fingerprint density at radius 3 is 2.45 bits per heavy atom. The molecule has 0 saturated heterocycles. The highest BCUT2D eigenvalue weighted by atomic mass is 79.9. The van der Waals surface area contributed by atoms with Crippen LogP contribution in [0.4, 0.5) is 0 Å². The van der Waals surface area contributed by atoms with Crippen LogP contribution in [-0.4, -0.2) is 0 Å². The Morgan fingerprint density at radius 2 is 1.80 bits per heavy atom. The first-order valence-electron chi connectivity index (χ1n) is 6.48.